The fraction of sp³-hybridized carbons (Fsp3) is 0.333. The lowest BCUT2D eigenvalue weighted by Crippen LogP contribution is -2.45. The first kappa shape index (κ1) is 14.7. The van der Waals surface area contributed by atoms with Crippen LogP contribution in [0.15, 0.2) is 30.6 Å². The number of aryl methyl sites for hydroxylation is 1. The van der Waals surface area contributed by atoms with Gasteiger partial charge in [0.05, 0.1) is 12.8 Å². The Labute approximate surface area is 127 Å². The Morgan fingerprint density at radius 2 is 2.41 bits per heavy atom. The number of ether oxygens (including phenoxy) is 1. The smallest absolute Gasteiger partial charge is 0.254 e. The van der Waals surface area contributed by atoms with Crippen LogP contribution in [0.5, 0.6) is 0 Å². The number of amides is 1. The summed E-state index contributed by atoms with van der Waals surface area (Å²) in [5.41, 5.74) is 1.67. The van der Waals surface area contributed by atoms with E-state index in [1.807, 2.05) is 6.92 Å². The maximum atomic E-state index is 14.2. The van der Waals surface area contributed by atoms with Gasteiger partial charge in [-0.3, -0.25) is 4.79 Å². The SMILES string of the molecule is Cc1cnn(-c2ccc(NC(=O)C3CNCCO3)cc2F)c1. The highest BCUT2D eigenvalue weighted by atomic mass is 19.1. The van der Waals surface area contributed by atoms with E-state index in [9.17, 15) is 9.18 Å². The van der Waals surface area contributed by atoms with Crippen LogP contribution < -0.4 is 10.6 Å². The Bertz CT molecular complexity index is 680. The molecule has 1 aromatic carbocycles. The monoisotopic (exact) mass is 304 g/mol. The summed E-state index contributed by atoms with van der Waals surface area (Å²) in [6.45, 7) is 3.56. The molecular formula is C15H17FN4O2. The van der Waals surface area contributed by atoms with Crippen LogP contribution in [0.25, 0.3) is 5.69 Å². The van der Waals surface area contributed by atoms with Gasteiger partial charge in [-0.15, -0.1) is 0 Å². The predicted octanol–water partition coefficient (Wildman–Crippen LogP) is 1.25. The lowest BCUT2D eigenvalue weighted by molar-refractivity contribution is -0.128. The highest BCUT2D eigenvalue weighted by Gasteiger charge is 2.22. The summed E-state index contributed by atoms with van der Waals surface area (Å²) in [6, 6.07) is 4.50. The molecule has 1 unspecified atom stereocenters. The molecule has 0 radical (unpaired) electrons. The van der Waals surface area contributed by atoms with Gasteiger partial charge in [-0.2, -0.15) is 5.10 Å². The number of rotatable bonds is 3. The summed E-state index contributed by atoms with van der Waals surface area (Å²) in [6.07, 6.45) is 2.84. The largest absolute Gasteiger partial charge is 0.366 e. The van der Waals surface area contributed by atoms with Crippen molar-refractivity contribution < 1.29 is 13.9 Å². The van der Waals surface area contributed by atoms with Gasteiger partial charge in [0.15, 0.2) is 5.82 Å². The molecule has 22 heavy (non-hydrogen) atoms. The predicted molar refractivity (Wildman–Crippen MR) is 79.5 cm³/mol. The van der Waals surface area contributed by atoms with Gasteiger partial charge in [0.1, 0.15) is 11.8 Å². The Morgan fingerprint density at radius 1 is 1.55 bits per heavy atom. The van der Waals surface area contributed by atoms with Crippen LogP contribution >= 0.6 is 0 Å². The van der Waals surface area contributed by atoms with Crippen LogP contribution in [0.2, 0.25) is 0 Å². The number of benzene rings is 1. The minimum absolute atomic E-state index is 0.283. The number of halogens is 1. The van der Waals surface area contributed by atoms with Crippen molar-refractivity contribution in [3.63, 3.8) is 0 Å². The zero-order chi connectivity index (χ0) is 15.5. The average molecular weight is 304 g/mol. The van der Waals surface area contributed by atoms with Crippen molar-refractivity contribution in [2.45, 2.75) is 13.0 Å². The summed E-state index contributed by atoms with van der Waals surface area (Å²) in [5, 5.41) is 9.81. The number of nitrogens with one attached hydrogen (secondary N) is 2. The van der Waals surface area contributed by atoms with E-state index < -0.39 is 11.9 Å². The zero-order valence-electron chi connectivity index (χ0n) is 12.2. The molecule has 6 nitrogen and oxygen atoms in total. The van der Waals surface area contributed by atoms with Crippen molar-refractivity contribution >= 4 is 11.6 Å². The molecule has 0 spiro atoms. The molecule has 0 bridgehead atoms. The molecule has 2 N–H and O–H groups in total. The van der Waals surface area contributed by atoms with E-state index >= 15 is 0 Å². The third-order valence-electron chi connectivity index (χ3n) is 3.39. The first-order valence-corrected chi connectivity index (χ1v) is 7.08. The Morgan fingerprint density at radius 3 is 3.05 bits per heavy atom. The molecule has 3 rings (SSSR count). The third kappa shape index (κ3) is 3.15. The fourth-order valence-electron chi connectivity index (χ4n) is 2.27. The molecule has 1 atom stereocenters. The lowest BCUT2D eigenvalue weighted by atomic mass is 10.2. The second kappa shape index (κ2) is 6.25. The van der Waals surface area contributed by atoms with Gasteiger partial charge in [0, 0.05) is 25.0 Å². The standard InChI is InChI=1S/C15H17FN4O2/c1-10-7-18-20(9-10)13-3-2-11(6-12(13)16)19-15(21)14-8-17-4-5-22-14/h2-3,6-7,9,14,17H,4-5,8H2,1H3,(H,19,21). The Balaban J connectivity index is 1.73. The molecule has 2 aromatic rings. The van der Waals surface area contributed by atoms with Crippen molar-refractivity contribution in [2.24, 2.45) is 0 Å². The first-order chi connectivity index (χ1) is 10.6. The van der Waals surface area contributed by atoms with Gasteiger partial charge < -0.3 is 15.4 Å². The first-order valence-electron chi connectivity index (χ1n) is 7.08. The number of hydrogen-bond donors (Lipinski definition) is 2. The molecule has 0 aliphatic carbocycles. The lowest BCUT2D eigenvalue weighted by Gasteiger charge is -2.22. The molecule has 1 fully saturated rings. The highest BCUT2D eigenvalue weighted by Crippen LogP contribution is 2.18. The van der Waals surface area contributed by atoms with E-state index in [4.69, 9.17) is 4.74 Å². The van der Waals surface area contributed by atoms with Crippen molar-refractivity contribution in [1.82, 2.24) is 15.1 Å². The normalized spacial score (nSPS) is 18.2. The van der Waals surface area contributed by atoms with Crippen molar-refractivity contribution in [1.29, 1.82) is 0 Å². The van der Waals surface area contributed by atoms with Crippen molar-refractivity contribution in [2.75, 3.05) is 25.0 Å². The van der Waals surface area contributed by atoms with Gasteiger partial charge >= 0.3 is 0 Å². The van der Waals surface area contributed by atoms with E-state index in [1.165, 1.54) is 10.7 Å². The summed E-state index contributed by atoms with van der Waals surface area (Å²) in [4.78, 5) is 12.0. The second-order valence-electron chi connectivity index (χ2n) is 5.18. The van der Waals surface area contributed by atoms with Crippen LogP contribution in [-0.2, 0) is 9.53 Å². The molecule has 7 heteroatoms. The molecule has 1 aliphatic heterocycles. The number of hydrogen-bond acceptors (Lipinski definition) is 4. The number of morpholine rings is 1. The molecule has 2 heterocycles. The van der Waals surface area contributed by atoms with Gasteiger partial charge in [-0.1, -0.05) is 0 Å². The third-order valence-corrected chi connectivity index (χ3v) is 3.39. The number of anilines is 1. The quantitative estimate of drug-likeness (QED) is 0.895. The highest BCUT2D eigenvalue weighted by molar-refractivity contribution is 5.94. The molecule has 1 aromatic heterocycles. The minimum Gasteiger partial charge on any atom is -0.366 e. The van der Waals surface area contributed by atoms with Crippen LogP contribution in [-0.4, -0.2) is 41.5 Å². The van der Waals surface area contributed by atoms with Gasteiger partial charge in [0.2, 0.25) is 0 Å². The van der Waals surface area contributed by atoms with E-state index in [-0.39, 0.29) is 5.91 Å². The number of carbonyl (C=O) groups is 1. The zero-order valence-corrected chi connectivity index (χ0v) is 12.2. The van der Waals surface area contributed by atoms with E-state index in [2.05, 4.69) is 15.7 Å². The molecule has 1 amide bonds. The van der Waals surface area contributed by atoms with Crippen LogP contribution in [0.4, 0.5) is 10.1 Å². The Kier molecular flexibility index (Phi) is 4.17. The van der Waals surface area contributed by atoms with E-state index in [1.54, 1.807) is 24.5 Å². The van der Waals surface area contributed by atoms with Gasteiger partial charge in [0.25, 0.3) is 5.91 Å². The van der Waals surface area contributed by atoms with Crippen LogP contribution in [0.3, 0.4) is 0 Å². The number of carbonyl (C=O) groups excluding carboxylic acids is 1. The van der Waals surface area contributed by atoms with Gasteiger partial charge in [-0.25, -0.2) is 9.07 Å². The molecule has 1 saturated heterocycles. The van der Waals surface area contributed by atoms with Crippen molar-refractivity contribution in [3.8, 4) is 5.69 Å². The fourth-order valence-corrected chi connectivity index (χ4v) is 2.27. The van der Waals surface area contributed by atoms with Crippen LogP contribution in [0, 0.1) is 12.7 Å². The summed E-state index contributed by atoms with van der Waals surface area (Å²) in [5.74, 6) is -0.738. The number of aromatic nitrogens is 2. The number of nitrogens with zero attached hydrogens (tertiary/aromatic N) is 2. The molecular weight excluding hydrogens is 287 g/mol. The van der Waals surface area contributed by atoms with Gasteiger partial charge in [-0.05, 0) is 30.7 Å². The summed E-state index contributed by atoms with van der Waals surface area (Å²) >= 11 is 0. The molecule has 0 saturated carbocycles. The van der Waals surface area contributed by atoms with Crippen LogP contribution in [0.1, 0.15) is 5.56 Å². The Hall–Kier alpha value is -2.25. The topological polar surface area (TPSA) is 68.2 Å². The molecule has 116 valence electrons. The maximum Gasteiger partial charge on any atom is 0.254 e. The second-order valence-corrected chi connectivity index (χ2v) is 5.18. The molecule has 1 aliphatic rings. The minimum atomic E-state index is -0.551. The average Bonchev–Trinajstić information content (AvgIpc) is 2.94. The summed E-state index contributed by atoms with van der Waals surface area (Å²) in [7, 11) is 0. The summed E-state index contributed by atoms with van der Waals surface area (Å²) < 4.78 is 21.0. The van der Waals surface area contributed by atoms with Crippen molar-refractivity contribution in [3.05, 3.63) is 42.0 Å². The van der Waals surface area contributed by atoms with E-state index in [0.717, 1.165) is 12.1 Å². The van der Waals surface area contributed by atoms with E-state index in [0.29, 0.717) is 24.5 Å². The maximum absolute atomic E-state index is 14.2.